The van der Waals surface area contributed by atoms with Gasteiger partial charge in [0.15, 0.2) is 0 Å². The molecule has 0 aliphatic carbocycles. The van der Waals surface area contributed by atoms with E-state index in [0.29, 0.717) is 12.8 Å². The van der Waals surface area contributed by atoms with Crippen molar-refractivity contribution in [3.05, 3.63) is 109 Å². The summed E-state index contributed by atoms with van der Waals surface area (Å²) in [7, 11) is 0. The number of hydrogen-bond donors (Lipinski definition) is 2. The van der Waals surface area contributed by atoms with Gasteiger partial charge in [0.05, 0.1) is 0 Å². The maximum atomic E-state index is 12.7. The monoisotopic (exact) mass is 774 g/mol. The van der Waals surface area contributed by atoms with Crippen molar-refractivity contribution in [2.24, 2.45) is 0 Å². The average Bonchev–Trinajstić information content (AvgIpc) is 3.18. The molecule has 6 heteroatoms. The summed E-state index contributed by atoms with van der Waals surface area (Å²) in [4.78, 5) is 35.0. The molecule has 314 valence electrons. The molecular formula is C50H79NO5. The van der Waals surface area contributed by atoms with Gasteiger partial charge in [-0.3, -0.25) is 14.4 Å². The van der Waals surface area contributed by atoms with Crippen molar-refractivity contribution in [1.82, 2.24) is 5.32 Å². The van der Waals surface area contributed by atoms with Gasteiger partial charge in [0.25, 0.3) is 0 Å². The van der Waals surface area contributed by atoms with Crippen molar-refractivity contribution in [3.63, 3.8) is 0 Å². The summed E-state index contributed by atoms with van der Waals surface area (Å²) >= 11 is 0. The minimum Gasteiger partial charge on any atom is -0.480 e. The smallest absolute Gasteiger partial charge is 0.322 e. The van der Waals surface area contributed by atoms with Crippen LogP contribution in [0.5, 0.6) is 0 Å². The van der Waals surface area contributed by atoms with E-state index in [4.69, 9.17) is 9.84 Å². The van der Waals surface area contributed by atoms with Gasteiger partial charge in [0, 0.05) is 12.8 Å². The Morgan fingerprint density at radius 3 is 1.41 bits per heavy atom. The molecule has 0 fully saturated rings. The molecule has 0 saturated heterocycles. The summed E-state index contributed by atoms with van der Waals surface area (Å²) in [5.41, 5.74) is 0. The number of carbonyl (C=O) groups is 3. The van der Waals surface area contributed by atoms with Crippen molar-refractivity contribution in [3.8, 4) is 0 Å². The Kier molecular flexibility index (Phi) is 40.7. The number of rotatable bonds is 38. The van der Waals surface area contributed by atoms with Gasteiger partial charge in [-0.1, -0.05) is 155 Å². The first-order valence-corrected chi connectivity index (χ1v) is 22.0. The summed E-state index contributed by atoms with van der Waals surface area (Å²) in [6.45, 7) is 4.06. The van der Waals surface area contributed by atoms with Gasteiger partial charge < -0.3 is 15.2 Å². The Balaban J connectivity index is 4.31. The Morgan fingerprint density at radius 2 is 0.911 bits per heavy atom. The fourth-order valence-electron chi connectivity index (χ4n) is 5.71. The first kappa shape index (κ1) is 52.1. The lowest BCUT2D eigenvalue weighted by molar-refractivity contribution is -0.150. The van der Waals surface area contributed by atoms with Gasteiger partial charge in [-0.15, -0.1) is 0 Å². The second-order valence-electron chi connectivity index (χ2n) is 14.2. The van der Waals surface area contributed by atoms with E-state index in [2.05, 4.69) is 129 Å². The van der Waals surface area contributed by atoms with Gasteiger partial charge in [0.2, 0.25) is 5.91 Å². The summed E-state index contributed by atoms with van der Waals surface area (Å²) < 4.78 is 5.97. The predicted molar refractivity (Wildman–Crippen MR) is 240 cm³/mol. The Hall–Kier alpha value is -3.93. The van der Waals surface area contributed by atoms with Crippen molar-refractivity contribution >= 4 is 17.8 Å². The maximum absolute atomic E-state index is 12.7. The van der Waals surface area contributed by atoms with Crippen LogP contribution in [0, 0.1) is 0 Å². The van der Waals surface area contributed by atoms with Crippen LogP contribution in [0.3, 0.4) is 0 Å². The molecule has 0 aliphatic rings. The number of hydrogen-bond acceptors (Lipinski definition) is 4. The van der Waals surface area contributed by atoms with E-state index in [1.807, 2.05) is 0 Å². The van der Waals surface area contributed by atoms with Crippen LogP contribution in [0.15, 0.2) is 109 Å². The number of carbonyl (C=O) groups excluding carboxylic acids is 2. The van der Waals surface area contributed by atoms with Crippen LogP contribution in [0.1, 0.15) is 174 Å². The molecule has 0 aromatic carbocycles. The van der Waals surface area contributed by atoms with E-state index in [1.54, 1.807) is 0 Å². The lowest BCUT2D eigenvalue weighted by Gasteiger charge is -2.18. The Bertz CT molecular complexity index is 1220. The second kappa shape index (κ2) is 43.8. The lowest BCUT2D eigenvalue weighted by atomic mass is 10.0. The predicted octanol–water partition coefficient (Wildman–Crippen LogP) is 13.9. The number of nitrogens with one attached hydrogen (secondary N) is 1. The molecule has 0 heterocycles. The quantitative estimate of drug-likeness (QED) is 0.0370. The van der Waals surface area contributed by atoms with E-state index < -0.39 is 5.97 Å². The fourth-order valence-corrected chi connectivity index (χ4v) is 5.71. The number of ether oxygens (including phenoxy) is 1. The van der Waals surface area contributed by atoms with Gasteiger partial charge in [0.1, 0.15) is 12.6 Å². The minimum absolute atomic E-state index is 0.0557. The SMILES string of the molecule is CC/C=C\C/C=C\C/C=C\C/C=C\C/C=C\C/C=C\C/C=C\CCCC(=O)OC(CCC/C=C\C/C=C\CCCCC)CCCCCCCC(=O)NCC(=O)O. The zero-order chi connectivity index (χ0) is 40.8. The van der Waals surface area contributed by atoms with E-state index in [1.165, 1.54) is 19.3 Å². The van der Waals surface area contributed by atoms with E-state index >= 15 is 0 Å². The van der Waals surface area contributed by atoms with Crippen LogP contribution in [0.4, 0.5) is 0 Å². The van der Waals surface area contributed by atoms with Crippen molar-refractivity contribution in [2.75, 3.05) is 6.54 Å². The van der Waals surface area contributed by atoms with Crippen LogP contribution in [0.2, 0.25) is 0 Å². The number of esters is 1. The Morgan fingerprint density at radius 1 is 0.482 bits per heavy atom. The third-order valence-corrected chi connectivity index (χ3v) is 8.93. The zero-order valence-electron chi connectivity index (χ0n) is 35.4. The van der Waals surface area contributed by atoms with Crippen LogP contribution in [0.25, 0.3) is 0 Å². The van der Waals surface area contributed by atoms with Crippen LogP contribution >= 0.6 is 0 Å². The molecule has 0 spiro atoms. The van der Waals surface area contributed by atoms with Gasteiger partial charge in [-0.05, 0) is 116 Å². The first-order valence-electron chi connectivity index (χ1n) is 22.0. The van der Waals surface area contributed by atoms with Gasteiger partial charge in [-0.25, -0.2) is 0 Å². The molecule has 0 rings (SSSR count). The molecule has 0 aromatic rings. The number of allylic oxidation sites excluding steroid dienone is 18. The molecule has 0 radical (unpaired) electrons. The van der Waals surface area contributed by atoms with Crippen molar-refractivity contribution < 1.29 is 24.2 Å². The standard InChI is InChI=1S/C50H79NO5/c1-3-5-7-9-11-13-15-16-17-18-19-20-21-22-23-24-25-26-28-30-32-37-41-45-50(55)56-47(42-38-34-31-29-27-14-12-10-8-6-4-2)43-39-35-33-36-40-44-48(52)51-46-49(53)54/h5,7,11-14,16-17,19-20,22-23,25-26,29-32,47H,3-4,6,8-10,15,18,21,24,27-28,33-46H2,1-2H3,(H,51,52)(H,53,54)/b7-5-,13-11-,14-12-,17-16-,20-19-,23-22-,26-25-,31-29-,32-30-. The molecule has 1 amide bonds. The zero-order valence-corrected chi connectivity index (χ0v) is 35.4. The van der Waals surface area contributed by atoms with E-state index in [-0.39, 0.29) is 24.5 Å². The molecule has 2 N–H and O–H groups in total. The van der Waals surface area contributed by atoms with Crippen LogP contribution < -0.4 is 5.32 Å². The largest absolute Gasteiger partial charge is 0.480 e. The maximum Gasteiger partial charge on any atom is 0.322 e. The van der Waals surface area contributed by atoms with Crippen LogP contribution in [-0.4, -0.2) is 35.6 Å². The topological polar surface area (TPSA) is 92.7 Å². The Labute approximate surface area is 342 Å². The van der Waals surface area contributed by atoms with Crippen molar-refractivity contribution in [1.29, 1.82) is 0 Å². The average molecular weight is 774 g/mol. The minimum atomic E-state index is -1.03. The molecule has 0 aliphatic heterocycles. The van der Waals surface area contributed by atoms with E-state index in [0.717, 1.165) is 128 Å². The third-order valence-electron chi connectivity index (χ3n) is 8.93. The molecule has 0 saturated carbocycles. The third kappa shape index (κ3) is 42.8. The summed E-state index contributed by atoms with van der Waals surface area (Å²) in [6, 6.07) is 0. The number of carboxylic acids is 1. The highest BCUT2D eigenvalue weighted by atomic mass is 16.5. The molecule has 0 aromatic heterocycles. The number of amides is 1. The fraction of sp³-hybridized carbons (Fsp3) is 0.580. The summed E-state index contributed by atoms with van der Waals surface area (Å²) in [5, 5.41) is 11.1. The summed E-state index contributed by atoms with van der Waals surface area (Å²) in [6.07, 6.45) is 63.6. The van der Waals surface area contributed by atoms with Crippen molar-refractivity contribution in [2.45, 2.75) is 180 Å². The molecule has 1 unspecified atom stereocenters. The molecular weight excluding hydrogens is 695 g/mol. The number of carboxylic acid groups (broad SMARTS) is 1. The first-order chi connectivity index (χ1) is 27.5. The van der Waals surface area contributed by atoms with Gasteiger partial charge in [-0.2, -0.15) is 0 Å². The number of unbranched alkanes of at least 4 members (excludes halogenated alkanes) is 9. The highest BCUT2D eigenvalue weighted by molar-refractivity contribution is 5.80. The van der Waals surface area contributed by atoms with Crippen LogP contribution in [-0.2, 0) is 19.1 Å². The van der Waals surface area contributed by atoms with Gasteiger partial charge >= 0.3 is 11.9 Å². The molecule has 0 bridgehead atoms. The second-order valence-corrected chi connectivity index (χ2v) is 14.2. The molecule has 56 heavy (non-hydrogen) atoms. The molecule has 1 atom stereocenters. The highest BCUT2D eigenvalue weighted by Crippen LogP contribution is 2.17. The summed E-state index contributed by atoms with van der Waals surface area (Å²) in [5.74, 6) is -1.34. The lowest BCUT2D eigenvalue weighted by Crippen LogP contribution is -2.28. The normalized spacial score (nSPS) is 13.2. The van der Waals surface area contributed by atoms with E-state index in [9.17, 15) is 14.4 Å². The molecule has 6 nitrogen and oxygen atoms in total. The highest BCUT2D eigenvalue weighted by Gasteiger charge is 2.14. The number of aliphatic carboxylic acids is 1.